The number of anilines is 3. The number of benzene rings is 1. The normalized spacial score (nSPS) is 18.2. The van der Waals surface area contributed by atoms with Crippen LogP contribution in [0.25, 0.3) is 10.6 Å². The van der Waals surface area contributed by atoms with E-state index in [9.17, 15) is 18.8 Å². The van der Waals surface area contributed by atoms with Gasteiger partial charge < -0.3 is 15.5 Å². The van der Waals surface area contributed by atoms with Crippen LogP contribution in [-0.2, 0) is 6.42 Å². The van der Waals surface area contributed by atoms with E-state index >= 15 is 0 Å². The third-order valence-corrected chi connectivity index (χ3v) is 7.06. The van der Waals surface area contributed by atoms with Gasteiger partial charge in [-0.25, -0.2) is 14.4 Å². The van der Waals surface area contributed by atoms with Crippen molar-refractivity contribution < 1.29 is 13.6 Å². The maximum atomic E-state index is 14.9. The van der Waals surface area contributed by atoms with Crippen molar-refractivity contribution in [3.05, 3.63) is 52.4 Å². The Morgan fingerprint density at radius 2 is 2.06 bits per heavy atom. The lowest BCUT2D eigenvalue weighted by atomic mass is 10.1. The fraction of sp³-hybridized carbons (Fsp3) is 0.304. The zero-order chi connectivity index (χ0) is 23.1. The molecule has 0 spiro atoms. The highest BCUT2D eigenvalue weighted by Gasteiger charge is 2.32. The number of hydrogen-bond acceptors (Lipinski definition) is 7. The second-order valence-electron chi connectivity index (χ2n) is 8.05. The largest absolute Gasteiger partial charge is 0.398 e. The van der Waals surface area contributed by atoms with Gasteiger partial charge in [0.1, 0.15) is 27.9 Å². The number of alkyl halides is 1. The number of hydrogen-bond donors (Lipinski definition) is 1. The Hall–Kier alpha value is -3.58. The summed E-state index contributed by atoms with van der Waals surface area (Å²) < 4.78 is 28.6. The van der Waals surface area contributed by atoms with Crippen molar-refractivity contribution in [3.63, 3.8) is 0 Å². The Kier molecular flexibility index (Phi) is 5.42. The number of nitrogens with zero attached hydrogens (tertiary/aromatic N) is 5. The van der Waals surface area contributed by atoms with Gasteiger partial charge in [-0.15, -0.1) is 11.3 Å². The van der Waals surface area contributed by atoms with Crippen molar-refractivity contribution in [1.29, 1.82) is 5.26 Å². The van der Waals surface area contributed by atoms with Crippen LogP contribution in [0, 0.1) is 17.3 Å². The summed E-state index contributed by atoms with van der Waals surface area (Å²) in [7, 11) is 0. The quantitative estimate of drug-likeness (QED) is 0.464. The number of nitrogens with two attached hydrogens (primary N) is 1. The number of pyridine rings is 1. The number of amides is 1. The van der Waals surface area contributed by atoms with Crippen LogP contribution in [0.2, 0.25) is 0 Å². The van der Waals surface area contributed by atoms with E-state index in [1.54, 1.807) is 35.2 Å². The van der Waals surface area contributed by atoms with Gasteiger partial charge in [-0.3, -0.25) is 4.79 Å². The minimum absolute atomic E-state index is 0.202. The Morgan fingerprint density at radius 1 is 1.21 bits per heavy atom. The third kappa shape index (κ3) is 3.78. The molecule has 5 rings (SSSR count). The lowest BCUT2D eigenvalue weighted by molar-refractivity contribution is 0.0984. The Balaban J connectivity index is 1.44. The molecule has 0 unspecified atom stereocenters. The molecule has 3 aromatic rings. The van der Waals surface area contributed by atoms with Crippen LogP contribution >= 0.6 is 11.3 Å². The SMILES string of the molecule is N#Cc1c(N)cccc1N1CCc2nc(-c3ccc(N4CCC[C@H](F)C4)nc3F)sc2C1=O. The van der Waals surface area contributed by atoms with Crippen molar-refractivity contribution in [2.75, 3.05) is 35.2 Å². The predicted octanol–water partition coefficient (Wildman–Crippen LogP) is 3.94. The highest BCUT2D eigenvalue weighted by atomic mass is 32.1. The van der Waals surface area contributed by atoms with Crippen LogP contribution in [0.15, 0.2) is 30.3 Å². The first-order chi connectivity index (χ1) is 16.0. The molecule has 168 valence electrons. The molecule has 0 saturated carbocycles. The lowest BCUT2D eigenvalue weighted by Gasteiger charge is -2.29. The van der Waals surface area contributed by atoms with Gasteiger partial charge in [0.2, 0.25) is 5.95 Å². The second-order valence-corrected chi connectivity index (χ2v) is 9.05. The van der Waals surface area contributed by atoms with Crippen LogP contribution in [0.4, 0.5) is 26.0 Å². The summed E-state index contributed by atoms with van der Waals surface area (Å²) in [6.07, 6.45) is 0.739. The first-order valence-corrected chi connectivity index (χ1v) is 11.4. The number of nitrogen functional groups attached to an aromatic ring is 1. The number of fused-ring (bicyclic) bond motifs is 1. The number of carbonyl (C=O) groups excluding carboxylic acids is 1. The molecule has 2 aliphatic rings. The number of thiazole rings is 1. The first kappa shape index (κ1) is 21.3. The van der Waals surface area contributed by atoms with Crippen LogP contribution in [0.5, 0.6) is 0 Å². The minimum Gasteiger partial charge on any atom is -0.398 e. The molecule has 2 N–H and O–H groups in total. The fourth-order valence-electron chi connectivity index (χ4n) is 4.27. The van der Waals surface area contributed by atoms with E-state index in [1.807, 2.05) is 0 Å². The van der Waals surface area contributed by atoms with Gasteiger partial charge in [0.15, 0.2) is 0 Å². The summed E-state index contributed by atoms with van der Waals surface area (Å²) in [6, 6.07) is 10.3. The number of carbonyl (C=O) groups is 1. The number of halogens is 2. The Morgan fingerprint density at radius 3 is 2.82 bits per heavy atom. The van der Waals surface area contributed by atoms with E-state index in [1.165, 1.54) is 4.90 Å². The molecular formula is C23H20F2N6OS. The number of aromatic nitrogens is 2. The van der Waals surface area contributed by atoms with Crippen molar-refractivity contribution in [2.24, 2.45) is 0 Å². The van der Waals surface area contributed by atoms with Crippen LogP contribution in [0.3, 0.4) is 0 Å². The van der Waals surface area contributed by atoms with Gasteiger partial charge in [-0.05, 0) is 37.1 Å². The highest BCUT2D eigenvalue weighted by Crippen LogP contribution is 2.36. The molecule has 1 aromatic carbocycles. The number of piperidine rings is 1. The summed E-state index contributed by atoms with van der Waals surface area (Å²) in [6.45, 7) is 1.18. The topological polar surface area (TPSA) is 99.1 Å². The Labute approximate surface area is 193 Å². The third-order valence-electron chi connectivity index (χ3n) is 5.94. The molecule has 1 fully saturated rings. The zero-order valence-corrected chi connectivity index (χ0v) is 18.4. The summed E-state index contributed by atoms with van der Waals surface area (Å²) in [5.74, 6) is -0.603. The molecule has 1 saturated heterocycles. The van der Waals surface area contributed by atoms with E-state index in [0.717, 1.165) is 11.3 Å². The summed E-state index contributed by atoms with van der Waals surface area (Å²) >= 11 is 1.10. The molecule has 0 aliphatic carbocycles. The predicted molar refractivity (Wildman–Crippen MR) is 123 cm³/mol. The second kappa shape index (κ2) is 8.41. The molecule has 33 heavy (non-hydrogen) atoms. The molecule has 1 amide bonds. The van der Waals surface area contributed by atoms with E-state index in [-0.39, 0.29) is 23.6 Å². The van der Waals surface area contributed by atoms with Crippen molar-refractivity contribution in [3.8, 4) is 16.6 Å². The molecular weight excluding hydrogens is 446 g/mol. The summed E-state index contributed by atoms with van der Waals surface area (Å²) in [4.78, 5) is 25.4. The van der Waals surface area contributed by atoms with Crippen LogP contribution in [0.1, 0.15) is 33.8 Å². The van der Waals surface area contributed by atoms with Gasteiger partial charge in [0.05, 0.1) is 34.7 Å². The van der Waals surface area contributed by atoms with Gasteiger partial charge in [0, 0.05) is 19.5 Å². The smallest absolute Gasteiger partial charge is 0.270 e. The maximum absolute atomic E-state index is 14.9. The maximum Gasteiger partial charge on any atom is 0.270 e. The van der Waals surface area contributed by atoms with Crippen molar-refractivity contribution in [1.82, 2.24) is 9.97 Å². The standard InChI is InChI=1S/C23H20F2N6OS/c24-13-3-2-9-30(12-13)19-7-6-14(21(25)29-19)22-28-17-8-10-31(23(32)20(17)33-22)18-5-1-4-16(27)15(18)11-26/h1,4-7,13H,2-3,8-10,12,27H2/t13-/m0/s1. The van der Waals surface area contributed by atoms with E-state index < -0.39 is 12.1 Å². The molecule has 10 heteroatoms. The Bertz CT molecular complexity index is 1290. The molecule has 2 aromatic heterocycles. The fourth-order valence-corrected chi connectivity index (χ4v) is 5.35. The molecule has 0 bridgehead atoms. The first-order valence-electron chi connectivity index (χ1n) is 10.6. The zero-order valence-electron chi connectivity index (χ0n) is 17.6. The summed E-state index contributed by atoms with van der Waals surface area (Å²) in [5.41, 5.74) is 7.71. The highest BCUT2D eigenvalue weighted by molar-refractivity contribution is 7.17. The van der Waals surface area contributed by atoms with Crippen molar-refractivity contribution >= 4 is 34.4 Å². The van der Waals surface area contributed by atoms with E-state index in [2.05, 4.69) is 16.0 Å². The molecule has 4 heterocycles. The van der Waals surface area contributed by atoms with E-state index in [4.69, 9.17) is 5.73 Å². The summed E-state index contributed by atoms with van der Waals surface area (Å²) in [5, 5.41) is 9.84. The minimum atomic E-state index is -0.940. The van der Waals surface area contributed by atoms with Crippen LogP contribution in [-0.4, -0.2) is 41.7 Å². The molecule has 7 nitrogen and oxygen atoms in total. The van der Waals surface area contributed by atoms with Crippen LogP contribution < -0.4 is 15.5 Å². The average Bonchev–Trinajstić information content (AvgIpc) is 3.24. The lowest BCUT2D eigenvalue weighted by Crippen LogP contribution is -2.37. The molecule has 1 atom stereocenters. The average molecular weight is 467 g/mol. The van der Waals surface area contributed by atoms with Gasteiger partial charge in [-0.1, -0.05) is 6.07 Å². The van der Waals surface area contributed by atoms with E-state index in [0.29, 0.717) is 65.1 Å². The van der Waals surface area contributed by atoms with Crippen molar-refractivity contribution in [2.45, 2.75) is 25.4 Å². The molecule has 2 aliphatic heterocycles. The number of nitriles is 1. The molecule has 0 radical (unpaired) electrons. The monoisotopic (exact) mass is 466 g/mol. The number of rotatable bonds is 3. The van der Waals surface area contributed by atoms with Gasteiger partial charge in [0.25, 0.3) is 5.91 Å². The van der Waals surface area contributed by atoms with Gasteiger partial charge >= 0.3 is 0 Å². The van der Waals surface area contributed by atoms with Gasteiger partial charge in [-0.2, -0.15) is 9.65 Å².